The van der Waals surface area contributed by atoms with Gasteiger partial charge in [0.25, 0.3) is 0 Å². The molecule has 0 bridgehead atoms. The maximum absolute atomic E-state index is 12.4. The van der Waals surface area contributed by atoms with Crippen LogP contribution in [-0.2, 0) is 35.3 Å². The van der Waals surface area contributed by atoms with Crippen molar-refractivity contribution in [3.05, 3.63) is 62.2 Å². The minimum atomic E-state index is -0.499. The Hall–Kier alpha value is -2.89. The van der Waals surface area contributed by atoms with Crippen molar-refractivity contribution in [1.82, 2.24) is 24.5 Å². The van der Waals surface area contributed by atoms with E-state index < -0.39 is 5.60 Å². The molecule has 2 aliphatic heterocycles. The number of aromatic nitrogens is 4. The van der Waals surface area contributed by atoms with Gasteiger partial charge in [-0.25, -0.2) is 4.79 Å². The average molecular weight is 671 g/mol. The van der Waals surface area contributed by atoms with Crippen molar-refractivity contribution in [2.45, 2.75) is 90.4 Å². The van der Waals surface area contributed by atoms with Gasteiger partial charge in [0.15, 0.2) is 0 Å². The molecule has 3 aromatic rings. The number of anilines is 1. The first-order valence-electron chi connectivity index (χ1n) is 14.7. The molecule has 3 aliphatic rings. The van der Waals surface area contributed by atoms with Gasteiger partial charge in [0.1, 0.15) is 9.30 Å². The fraction of sp³-hybridized carbons (Fsp3) is 0.548. The molecule has 9 nitrogen and oxygen atoms in total. The molecule has 6 rings (SSSR count). The molecule has 10 heteroatoms. The monoisotopic (exact) mass is 670 g/mol. The molecule has 1 atom stereocenters. The summed E-state index contributed by atoms with van der Waals surface area (Å²) in [6, 6.07) is 8.54. The van der Waals surface area contributed by atoms with Gasteiger partial charge in [-0.1, -0.05) is 0 Å². The Morgan fingerprint density at radius 1 is 0.951 bits per heavy atom. The quantitative estimate of drug-likeness (QED) is 0.283. The van der Waals surface area contributed by atoms with Crippen LogP contribution in [0.1, 0.15) is 91.9 Å². The van der Waals surface area contributed by atoms with E-state index in [2.05, 4.69) is 43.1 Å². The number of benzene rings is 1. The van der Waals surface area contributed by atoms with Crippen molar-refractivity contribution in [3.63, 3.8) is 0 Å². The van der Waals surface area contributed by atoms with E-state index in [1.807, 2.05) is 49.9 Å². The number of nitrogens with zero attached hydrogens (tertiary/aromatic N) is 6. The van der Waals surface area contributed by atoms with E-state index in [4.69, 9.17) is 14.9 Å². The summed E-state index contributed by atoms with van der Waals surface area (Å²) in [5, 5.41) is 9.85. The van der Waals surface area contributed by atoms with Gasteiger partial charge >= 0.3 is 5.97 Å². The van der Waals surface area contributed by atoms with Crippen LogP contribution < -0.4 is 4.90 Å². The second-order valence-corrected chi connectivity index (χ2v) is 13.6. The highest BCUT2D eigenvalue weighted by Gasteiger charge is 2.32. The van der Waals surface area contributed by atoms with Crippen molar-refractivity contribution < 1.29 is 14.3 Å². The van der Waals surface area contributed by atoms with Crippen molar-refractivity contribution in [1.29, 1.82) is 0 Å². The molecule has 4 heterocycles. The maximum atomic E-state index is 12.4. The highest BCUT2D eigenvalue weighted by atomic mass is 127. The lowest BCUT2D eigenvalue weighted by molar-refractivity contribution is -0.129. The Labute approximate surface area is 255 Å². The summed E-state index contributed by atoms with van der Waals surface area (Å²) < 4.78 is 11.1. The molecular formula is C31H39IN6O3. The van der Waals surface area contributed by atoms with Crippen LogP contribution in [0.15, 0.2) is 30.5 Å². The zero-order chi connectivity index (χ0) is 28.9. The molecule has 2 aromatic heterocycles. The molecule has 1 aliphatic carbocycles. The molecule has 1 saturated heterocycles. The van der Waals surface area contributed by atoms with Crippen LogP contribution in [0.5, 0.6) is 0 Å². The van der Waals surface area contributed by atoms with Gasteiger partial charge in [0.05, 0.1) is 30.4 Å². The third-order valence-corrected chi connectivity index (χ3v) is 9.53. The predicted molar refractivity (Wildman–Crippen MR) is 165 cm³/mol. The summed E-state index contributed by atoms with van der Waals surface area (Å²) in [6.07, 6.45) is 8.07. The number of amides is 1. The van der Waals surface area contributed by atoms with E-state index in [0.717, 1.165) is 67.5 Å². The fourth-order valence-electron chi connectivity index (χ4n) is 6.54. The molecular weight excluding hydrogens is 631 g/mol. The van der Waals surface area contributed by atoms with Crippen LogP contribution in [-0.4, -0.2) is 61.6 Å². The number of hydrogen-bond acceptors (Lipinski definition) is 6. The van der Waals surface area contributed by atoms with Crippen LogP contribution in [0.25, 0.3) is 0 Å². The zero-order valence-electron chi connectivity index (χ0n) is 24.4. The summed E-state index contributed by atoms with van der Waals surface area (Å²) in [7, 11) is 0. The molecule has 0 saturated carbocycles. The highest BCUT2D eigenvalue weighted by molar-refractivity contribution is 14.1. The molecule has 1 aromatic carbocycles. The minimum absolute atomic E-state index is 0.135. The summed E-state index contributed by atoms with van der Waals surface area (Å²) in [6.45, 7) is 10.7. The molecule has 1 unspecified atom stereocenters. The number of fused-ring (bicyclic) bond motifs is 2. The summed E-state index contributed by atoms with van der Waals surface area (Å²) >= 11 is 2.33. The maximum Gasteiger partial charge on any atom is 0.338 e. The Morgan fingerprint density at radius 2 is 1.68 bits per heavy atom. The predicted octanol–water partition coefficient (Wildman–Crippen LogP) is 5.12. The molecule has 0 spiro atoms. The normalized spacial score (nSPS) is 19.6. The largest absolute Gasteiger partial charge is 0.456 e. The fourth-order valence-corrected chi connectivity index (χ4v) is 7.26. The third kappa shape index (κ3) is 5.76. The number of piperidine rings is 1. The van der Waals surface area contributed by atoms with Crippen molar-refractivity contribution in [2.75, 3.05) is 24.5 Å². The first-order valence-corrected chi connectivity index (χ1v) is 15.8. The summed E-state index contributed by atoms with van der Waals surface area (Å²) in [5.74, 6) is -0.147. The first-order chi connectivity index (χ1) is 19.6. The van der Waals surface area contributed by atoms with Gasteiger partial charge < -0.3 is 14.5 Å². The molecule has 41 heavy (non-hydrogen) atoms. The smallest absolute Gasteiger partial charge is 0.338 e. The second kappa shape index (κ2) is 11.1. The van der Waals surface area contributed by atoms with Crippen LogP contribution in [0.4, 0.5) is 5.69 Å². The molecule has 0 N–H and O–H groups in total. The Kier molecular flexibility index (Phi) is 7.63. The van der Waals surface area contributed by atoms with Crippen LogP contribution >= 0.6 is 22.6 Å². The van der Waals surface area contributed by atoms with Gasteiger partial charge in [-0.05, 0) is 105 Å². The number of esters is 1. The SMILES string of the molecule is CC(=O)N1CCc2c(c(I)nn2C2CCc3c(cnn3C3CCN(c4ccc(C(=O)OC(C)(C)C)cc4)CC3)C2)C1. The molecule has 1 fully saturated rings. The van der Waals surface area contributed by atoms with Gasteiger partial charge in [-0.2, -0.15) is 10.2 Å². The lowest BCUT2D eigenvalue weighted by Gasteiger charge is -2.35. The summed E-state index contributed by atoms with van der Waals surface area (Å²) in [5.41, 5.74) is 6.50. The van der Waals surface area contributed by atoms with Gasteiger partial charge in [0.2, 0.25) is 5.91 Å². The first kappa shape index (κ1) is 28.2. The van der Waals surface area contributed by atoms with Gasteiger partial charge in [-0.3, -0.25) is 14.2 Å². The topological polar surface area (TPSA) is 85.5 Å². The van der Waals surface area contributed by atoms with Crippen molar-refractivity contribution in [2.24, 2.45) is 0 Å². The number of hydrogen-bond donors (Lipinski definition) is 0. The molecule has 0 radical (unpaired) electrons. The van der Waals surface area contributed by atoms with Crippen molar-refractivity contribution >= 4 is 40.2 Å². The van der Waals surface area contributed by atoms with E-state index >= 15 is 0 Å². The summed E-state index contributed by atoms with van der Waals surface area (Å²) in [4.78, 5) is 28.6. The second-order valence-electron chi connectivity index (χ2n) is 12.6. The Morgan fingerprint density at radius 3 is 2.37 bits per heavy atom. The van der Waals surface area contributed by atoms with E-state index in [9.17, 15) is 9.59 Å². The Bertz CT molecular complexity index is 1450. The zero-order valence-corrected chi connectivity index (χ0v) is 26.6. The van der Waals surface area contributed by atoms with Gasteiger partial charge in [0, 0.05) is 55.6 Å². The van der Waals surface area contributed by atoms with Gasteiger partial charge in [-0.15, -0.1) is 0 Å². The van der Waals surface area contributed by atoms with E-state index in [1.54, 1.807) is 6.92 Å². The highest BCUT2D eigenvalue weighted by Crippen LogP contribution is 2.36. The number of carbonyl (C=O) groups is 2. The van der Waals surface area contributed by atoms with Crippen LogP contribution in [0.3, 0.4) is 0 Å². The lowest BCUT2D eigenvalue weighted by Crippen LogP contribution is -2.36. The molecule has 1 amide bonds. The van der Waals surface area contributed by atoms with E-state index in [-0.39, 0.29) is 11.9 Å². The number of ether oxygens (including phenoxy) is 1. The minimum Gasteiger partial charge on any atom is -0.456 e. The molecule has 218 valence electrons. The van der Waals surface area contributed by atoms with Crippen molar-refractivity contribution in [3.8, 4) is 0 Å². The van der Waals surface area contributed by atoms with E-state index in [0.29, 0.717) is 24.2 Å². The number of rotatable bonds is 4. The van der Waals surface area contributed by atoms with E-state index in [1.165, 1.54) is 22.5 Å². The lowest BCUT2D eigenvalue weighted by atomic mass is 9.92. The third-order valence-electron chi connectivity index (χ3n) is 8.66. The van der Waals surface area contributed by atoms with Crippen LogP contribution in [0, 0.1) is 3.70 Å². The standard InChI is InChI=1S/C31H39IN6O3/c1-20(39)36-16-13-28-26(19-36)29(32)34-38(28)25-9-10-27-22(17-25)18-33-37(27)24-11-14-35(15-12-24)23-7-5-21(6-8-23)30(40)41-31(2,3)4/h5-8,18,24-25H,9-17,19H2,1-4H3. The number of carbonyl (C=O) groups excluding carboxylic acids is 2. The van der Waals surface area contributed by atoms with Crippen LogP contribution in [0.2, 0.25) is 0 Å². The average Bonchev–Trinajstić information content (AvgIpc) is 3.52. The number of halogens is 1. The Balaban J connectivity index is 1.09.